The highest BCUT2D eigenvalue weighted by atomic mass is 16.3. The molecular formula is C23H23N3O2. The van der Waals surface area contributed by atoms with Gasteiger partial charge in [-0.2, -0.15) is 5.26 Å². The van der Waals surface area contributed by atoms with Crippen molar-refractivity contribution in [2.45, 2.75) is 37.5 Å². The largest absolute Gasteiger partial charge is 0.440 e. The topological polar surface area (TPSA) is 70.1 Å². The van der Waals surface area contributed by atoms with Gasteiger partial charge in [-0.25, -0.2) is 4.98 Å². The molecule has 5 heteroatoms. The average molecular weight is 373 g/mol. The summed E-state index contributed by atoms with van der Waals surface area (Å²) in [5.74, 6) is 0.875. The van der Waals surface area contributed by atoms with Gasteiger partial charge in [0.2, 0.25) is 5.91 Å². The van der Waals surface area contributed by atoms with Gasteiger partial charge in [-0.15, -0.1) is 0 Å². The first-order valence-corrected chi connectivity index (χ1v) is 9.79. The second kappa shape index (κ2) is 8.26. The summed E-state index contributed by atoms with van der Waals surface area (Å²) in [6.45, 7) is 1.38. The molecule has 5 nitrogen and oxygen atoms in total. The number of rotatable bonds is 5. The van der Waals surface area contributed by atoms with E-state index in [-0.39, 0.29) is 17.7 Å². The number of amides is 1. The van der Waals surface area contributed by atoms with Crippen LogP contribution in [0.5, 0.6) is 0 Å². The zero-order chi connectivity index (χ0) is 19.3. The van der Waals surface area contributed by atoms with Crippen molar-refractivity contribution in [2.24, 2.45) is 0 Å². The molecule has 0 aliphatic carbocycles. The standard InChI is InChI=1S/C23H23N3O2/c24-13-12-18(17-7-2-1-3-8-17)15-22(27)26-14-6-9-19(16-26)23-25-20-10-4-5-11-21(20)28-23/h1-5,7-8,10-11,18-19H,6,9,12,14-16H2/t18-,19-/m1/s1. The van der Waals surface area contributed by atoms with E-state index in [1.807, 2.05) is 59.5 Å². The Hall–Kier alpha value is -3.13. The first kappa shape index (κ1) is 18.2. The van der Waals surface area contributed by atoms with Gasteiger partial charge >= 0.3 is 0 Å². The molecule has 0 saturated carbocycles. The van der Waals surface area contributed by atoms with Crippen molar-refractivity contribution < 1.29 is 9.21 Å². The van der Waals surface area contributed by atoms with Crippen LogP contribution >= 0.6 is 0 Å². The number of benzene rings is 2. The van der Waals surface area contributed by atoms with Gasteiger partial charge in [0, 0.05) is 31.8 Å². The molecule has 2 aromatic carbocycles. The van der Waals surface area contributed by atoms with Crippen molar-refractivity contribution in [3.05, 3.63) is 66.1 Å². The SMILES string of the molecule is N#CC[C@H](CC(=O)N1CCC[C@@H](c2nc3ccccc3o2)C1)c1ccccc1. The summed E-state index contributed by atoms with van der Waals surface area (Å²) >= 11 is 0. The van der Waals surface area contributed by atoms with Gasteiger partial charge in [0.05, 0.1) is 12.0 Å². The fourth-order valence-corrected chi connectivity index (χ4v) is 3.95. The van der Waals surface area contributed by atoms with Gasteiger partial charge < -0.3 is 9.32 Å². The number of fused-ring (bicyclic) bond motifs is 1. The van der Waals surface area contributed by atoms with E-state index in [1.165, 1.54) is 0 Å². The summed E-state index contributed by atoms with van der Waals surface area (Å²) in [4.78, 5) is 19.5. The highest BCUT2D eigenvalue weighted by molar-refractivity contribution is 5.77. The maximum absolute atomic E-state index is 13.0. The molecule has 0 bridgehead atoms. The number of carbonyl (C=O) groups is 1. The minimum absolute atomic E-state index is 0.0663. The van der Waals surface area contributed by atoms with Crippen LogP contribution in [-0.4, -0.2) is 28.9 Å². The molecule has 2 heterocycles. The minimum atomic E-state index is -0.0663. The van der Waals surface area contributed by atoms with Gasteiger partial charge in [-0.3, -0.25) is 4.79 Å². The number of aromatic nitrogens is 1. The lowest BCUT2D eigenvalue weighted by atomic mass is 9.91. The lowest BCUT2D eigenvalue weighted by Crippen LogP contribution is -2.39. The summed E-state index contributed by atoms with van der Waals surface area (Å²) < 4.78 is 5.93. The number of carbonyl (C=O) groups excluding carboxylic acids is 1. The van der Waals surface area contributed by atoms with E-state index in [9.17, 15) is 10.1 Å². The number of piperidine rings is 1. The molecule has 1 aliphatic rings. The fraction of sp³-hybridized carbons (Fsp3) is 0.348. The molecule has 0 radical (unpaired) electrons. The monoisotopic (exact) mass is 373 g/mol. The third kappa shape index (κ3) is 3.91. The van der Waals surface area contributed by atoms with E-state index in [0.717, 1.165) is 41.9 Å². The second-order valence-corrected chi connectivity index (χ2v) is 7.37. The summed E-state index contributed by atoms with van der Waals surface area (Å²) in [5, 5.41) is 9.19. The highest BCUT2D eigenvalue weighted by Gasteiger charge is 2.29. The van der Waals surface area contributed by atoms with Crippen LogP contribution in [0.4, 0.5) is 0 Å². The van der Waals surface area contributed by atoms with Crippen molar-refractivity contribution >= 4 is 17.0 Å². The van der Waals surface area contributed by atoms with E-state index in [0.29, 0.717) is 19.4 Å². The number of oxazole rings is 1. The molecule has 3 aromatic rings. The third-order valence-electron chi connectivity index (χ3n) is 5.46. The van der Waals surface area contributed by atoms with E-state index in [2.05, 4.69) is 11.1 Å². The molecule has 1 aliphatic heterocycles. The first-order chi connectivity index (χ1) is 13.7. The summed E-state index contributed by atoms with van der Waals surface area (Å²) in [5.41, 5.74) is 2.70. The van der Waals surface area contributed by atoms with Crippen LogP contribution < -0.4 is 0 Å². The maximum Gasteiger partial charge on any atom is 0.223 e. The molecule has 28 heavy (non-hydrogen) atoms. The number of hydrogen-bond donors (Lipinski definition) is 0. The number of hydrogen-bond acceptors (Lipinski definition) is 4. The zero-order valence-electron chi connectivity index (χ0n) is 15.8. The Balaban J connectivity index is 1.46. The Morgan fingerprint density at radius 2 is 2.00 bits per heavy atom. The molecular weight excluding hydrogens is 350 g/mol. The number of nitrogens with zero attached hydrogens (tertiary/aromatic N) is 3. The van der Waals surface area contributed by atoms with Gasteiger partial charge in [-0.1, -0.05) is 42.5 Å². The van der Waals surface area contributed by atoms with Crippen LogP contribution in [-0.2, 0) is 4.79 Å². The molecule has 142 valence electrons. The van der Waals surface area contributed by atoms with Crippen molar-refractivity contribution in [1.82, 2.24) is 9.88 Å². The Bertz CT molecular complexity index is 957. The molecule has 2 atom stereocenters. The quantitative estimate of drug-likeness (QED) is 0.654. The molecule has 1 saturated heterocycles. The van der Waals surface area contributed by atoms with Crippen molar-refractivity contribution in [3.63, 3.8) is 0 Å². The van der Waals surface area contributed by atoms with Crippen LogP contribution in [0.15, 0.2) is 59.0 Å². The highest BCUT2D eigenvalue weighted by Crippen LogP contribution is 2.31. The summed E-state index contributed by atoms with van der Waals surface area (Å²) in [6, 6.07) is 19.8. The normalized spacial score (nSPS) is 18.0. The Labute approximate surface area is 164 Å². The van der Waals surface area contributed by atoms with E-state index in [1.54, 1.807) is 0 Å². The number of likely N-dealkylation sites (tertiary alicyclic amines) is 1. The predicted molar refractivity (Wildman–Crippen MR) is 107 cm³/mol. The molecule has 1 fully saturated rings. The average Bonchev–Trinajstić information content (AvgIpc) is 3.18. The van der Waals surface area contributed by atoms with E-state index in [4.69, 9.17) is 4.42 Å². The summed E-state index contributed by atoms with van der Waals surface area (Å²) in [7, 11) is 0. The van der Waals surface area contributed by atoms with Crippen LogP contribution in [0, 0.1) is 11.3 Å². The smallest absolute Gasteiger partial charge is 0.223 e. The number of para-hydroxylation sites is 2. The van der Waals surface area contributed by atoms with Crippen molar-refractivity contribution in [1.29, 1.82) is 5.26 Å². The lowest BCUT2D eigenvalue weighted by Gasteiger charge is -2.32. The van der Waals surface area contributed by atoms with Gasteiger partial charge in [0.15, 0.2) is 11.5 Å². The Morgan fingerprint density at radius 3 is 2.79 bits per heavy atom. The van der Waals surface area contributed by atoms with Gasteiger partial charge in [0.25, 0.3) is 0 Å². The van der Waals surface area contributed by atoms with Gasteiger partial charge in [0.1, 0.15) is 5.52 Å². The third-order valence-corrected chi connectivity index (χ3v) is 5.46. The molecule has 0 N–H and O–H groups in total. The van der Waals surface area contributed by atoms with Crippen LogP contribution in [0.1, 0.15) is 49.0 Å². The fourth-order valence-electron chi connectivity index (χ4n) is 3.95. The zero-order valence-corrected chi connectivity index (χ0v) is 15.8. The van der Waals surface area contributed by atoms with E-state index >= 15 is 0 Å². The molecule has 0 unspecified atom stereocenters. The molecule has 1 amide bonds. The second-order valence-electron chi connectivity index (χ2n) is 7.37. The van der Waals surface area contributed by atoms with Crippen LogP contribution in [0.3, 0.4) is 0 Å². The van der Waals surface area contributed by atoms with Crippen molar-refractivity contribution in [2.75, 3.05) is 13.1 Å². The van der Waals surface area contributed by atoms with Gasteiger partial charge in [-0.05, 0) is 30.5 Å². The Morgan fingerprint density at radius 1 is 1.21 bits per heavy atom. The summed E-state index contributed by atoms with van der Waals surface area (Å²) in [6.07, 6.45) is 2.61. The van der Waals surface area contributed by atoms with Crippen LogP contribution in [0.25, 0.3) is 11.1 Å². The van der Waals surface area contributed by atoms with Crippen LogP contribution in [0.2, 0.25) is 0 Å². The Kier molecular flexibility index (Phi) is 5.38. The maximum atomic E-state index is 13.0. The predicted octanol–water partition coefficient (Wildman–Crippen LogP) is 4.62. The first-order valence-electron chi connectivity index (χ1n) is 9.79. The minimum Gasteiger partial charge on any atom is -0.440 e. The molecule has 1 aromatic heterocycles. The number of nitriles is 1. The molecule has 4 rings (SSSR count). The lowest BCUT2D eigenvalue weighted by molar-refractivity contribution is -0.132. The van der Waals surface area contributed by atoms with E-state index < -0.39 is 0 Å². The molecule has 0 spiro atoms. The van der Waals surface area contributed by atoms with Crippen molar-refractivity contribution in [3.8, 4) is 6.07 Å².